The molecule has 188 valence electrons. The smallest absolute Gasteiger partial charge is 0.203 e. The number of ketones is 1. The third kappa shape index (κ3) is 4.85. The second-order valence-electron chi connectivity index (χ2n) is 10.1. The van der Waals surface area contributed by atoms with E-state index in [0.29, 0.717) is 29.0 Å². The van der Waals surface area contributed by atoms with Crippen LogP contribution in [0.2, 0.25) is 0 Å². The number of hydrogen-bond acceptors (Lipinski definition) is 5. The van der Waals surface area contributed by atoms with Crippen molar-refractivity contribution in [3.8, 4) is 5.75 Å². The van der Waals surface area contributed by atoms with Crippen LogP contribution in [0.4, 0.5) is 0 Å². The standard InChI is InChI=1S/C29H33N3O4/c1-28(2,34)21-15-20(16-22(26(21)36-5)29(3,4)35)25(33)18-32-24-14-10-9-13-23(24)31(27(32)30)17-19-11-7-6-8-12-19/h6-16,30,34-35H,17-18H2,1-5H3. The highest BCUT2D eigenvalue weighted by atomic mass is 16.5. The minimum absolute atomic E-state index is 0.0654. The number of carbonyl (C=O) groups excluding carboxylic acids is 1. The molecule has 7 heteroatoms. The molecule has 0 saturated heterocycles. The van der Waals surface area contributed by atoms with Crippen LogP contribution in [0.3, 0.4) is 0 Å². The molecular weight excluding hydrogens is 454 g/mol. The molecule has 0 unspecified atom stereocenters. The first-order valence-electron chi connectivity index (χ1n) is 11.9. The van der Waals surface area contributed by atoms with Crippen LogP contribution in [0.25, 0.3) is 11.0 Å². The molecule has 0 aliphatic rings. The van der Waals surface area contributed by atoms with Gasteiger partial charge in [0.2, 0.25) is 5.62 Å². The van der Waals surface area contributed by atoms with Gasteiger partial charge in [-0.3, -0.25) is 10.2 Å². The number of ether oxygens (including phenoxy) is 1. The third-order valence-electron chi connectivity index (χ3n) is 6.39. The summed E-state index contributed by atoms with van der Waals surface area (Å²) in [7, 11) is 1.48. The number of Topliss-reactive ketones (excluding diaryl/α,β-unsaturated/α-hetero) is 1. The van der Waals surface area contributed by atoms with Crippen molar-refractivity contribution in [1.29, 1.82) is 5.41 Å². The zero-order valence-electron chi connectivity index (χ0n) is 21.4. The fourth-order valence-electron chi connectivity index (χ4n) is 4.53. The van der Waals surface area contributed by atoms with Crippen LogP contribution in [0.15, 0.2) is 66.7 Å². The van der Waals surface area contributed by atoms with Crippen LogP contribution in [-0.2, 0) is 24.3 Å². The first-order chi connectivity index (χ1) is 16.9. The molecule has 0 radical (unpaired) electrons. The maximum Gasteiger partial charge on any atom is 0.203 e. The van der Waals surface area contributed by atoms with Gasteiger partial charge in [0, 0.05) is 16.7 Å². The Hall–Kier alpha value is -3.68. The average Bonchev–Trinajstić information content (AvgIpc) is 3.08. The van der Waals surface area contributed by atoms with Crippen molar-refractivity contribution in [3.05, 3.63) is 94.6 Å². The van der Waals surface area contributed by atoms with E-state index in [1.54, 1.807) is 44.4 Å². The number of benzene rings is 3. The highest BCUT2D eigenvalue weighted by molar-refractivity contribution is 5.97. The Morgan fingerprint density at radius 3 is 1.86 bits per heavy atom. The Balaban J connectivity index is 1.81. The summed E-state index contributed by atoms with van der Waals surface area (Å²) in [6.07, 6.45) is 0. The van der Waals surface area contributed by atoms with E-state index in [4.69, 9.17) is 10.1 Å². The fraction of sp³-hybridized carbons (Fsp3) is 0.310. The predicted octanol–water partition coefficient (Wildman–Crippen LogP) is 4.32. The van der Waals surface area contributed by atoms with Crippen LogP contribution < -0.4 is 10.4 Å². The first kappa shape index (κ1) is 25.4. The van der Waals surface area contributed by atoms with Crippen LogP contribution in [0.1, 0.15) is 54.7 Å². The first-order valence-corrected chi connectivity index (χ1v) is 11.9. The van der Waals surface area contributed by atoms with Crippen LogP contribution >= 0.6 is 0 Å². The number of para-hydroxylation sites is 2. The molecule has 0 aliphatic carbocycles. The Morgan fingerprint density at radius 1 is 0.861 bits per heavy atom. The molecule has 0 amide bonds. The van der Waals surface area contributed by atoms with Gasteiger partial charge in [-0.2, -0.15) is 0 Å². The topological polar surface area (TPSA) is 100 Å². The minimum atomic E-state index is -1.30. The van der Waals surface area contributed by atoms with Crippen molar-refractivity contribution < 1.29 is 19.7 Å². The summed E-state index contributed by atoms with van der Waals surface area (Å²) in [5, 5.41) is 30.5. The van der Waals surface area contributed by atoms with Gasteiger partial charge in [-0.05, 0) is 57.5 Å². The van der Waals surface area contributed by atoms with Gasteiger partial charge in [-0.15, -0.1) is 0 Å². The molecule has 7 nitrogen and oxygen atoms in total. The molecule has 0 aliphatic heterocycles. The number of aliphatic hydroxyl groups is 2. The minimum Gasteiger partial charge on any atom is -0.496 e. The Bertz CT molecular complexity index is 1430. The summed E-state index contributed by atoms with van der Waals surface area (Å²) in [5.74, 6) is 0.106. The zero-order chi connectivity index (χ0) is 26.3. The van der Waals surface area contributed by atoms with Crippen molar-refractivity contribution in [2.24, 2.45) is 0 Å². The monoisotopic (exact) mass is 487 g/mol. The van der Waals surface area contributed by atoms with Crippen molar-refractivity contribution in [2.75, 3.05) is 7.11 Å². The number of imidazole rings is 1. The maximum atomic E-state index is 13.6. The van der Waals surface area contributed by atoms with Gasteiger partial charge in [-0.1, -0.05) is 42.5 Å². The number of hydrogen-bond donors (Lipinski definition) is 3. The lowest BCUT2D eigenvalue weighted by Crippen LogP contribution is -2.28. The Labute approximate surface area is 210 Å². The quantitative estimate of drug-likeness (QED) is 0.322. The largest absolute Gasteiger partial charge is 0.496 e. The SMILES string of the molecule is COc1c(C(C)(C)O)cc(C(=O)Cn2c(=N)n(Cc3ccccc3)c3ccccc32)cc1C(C)(C)O. The van der Waals surface area contributed by atoms with Crippen LogP contribution in [0.5, 0.6) is 5.75 Å². The maximum absolute atomic E-state index is 13.6. The molecule has 0 saturated carbocycles. The summed E-state index contributed by atoms with van der Waals surface area (Å²) in [5.41, 5.74) is 1.47. The molecule has 36 heavy (non-hydrogen) atoms. The summed E-state index contributed by atoms with van der Waals surface area (Å²) >= 11 is 0. The van der Waals surface area contributed by atoms with Crippen LogP contribution in [-0.4, -0.2) is 32.2 Å². The summed E-state index contributed by atoms with van der Waals surface area (Å²) in [6, 6.07) is 20.8. The summed E-state index contributed by atoms with van der Waals surface area (Å²) < 4.78 is 9.13. The van der Waals surface area contributed by atoms with E-state index in [9.17, 15) is 15.0 Å². The summed E-state index contributed by atoms with van der Waals surface area (Å²) in [6.45, 7) is 6.89. The normalized spacial score (nSPS) is 12.2. The van der Waals surface area contributed by atoms with E-state index in [0.717, 1.165) is 16.6 Å². The number of fused-ring (bicyclic) bond motifs is 1. The van der Waals surface area contributed by atoms with E-state index in [2.05, 4.69) is 0 Å². The zero-order valence-corrected chi connectivity index (χ0v) is 21.4. The number of nitrogens with one attached hydrogen (secondary N) is 1. The van der Waals surface area contributed by atoms with Gasteiger partial charge in [0.25, 0.3) is 0 Å². The van der Waals surface area contributed by atoms with Gasteiger partial charge < -0.3 is 24.1 Å². The van der Waals surface area contributed by atoms with E-state index >= 15 is 0 Å². The molecule has 0 spiro atoms. The second-order valence-corrected chi connectivity index (χ2v) is 10.1. The van der Waals surface area contributed by atoms with E-state index in [1.165, 1.54) is 7.11 Å². The van der Waals surface area contributed by atoms with Crippen molar-refractivity contribution in [1.82, 2.24) is 9.13 Å². The van der Waals surface area contributed by atoms with Gasteiger partial charge in [0.15, 0.2) is 5.78 Å². The molecule has 3 aromatic carbocycles. The fourth-order valence-corrected chi connectivity index (χ4v) is 4.53. The molecule has 4 rings (SSSR count). The van der Waals surface area contributed by atoms with Crippen molar-refractivity contribution in [2.45, 2.75) is 52.0 Å². The van der Waals surface area contributed by atoms with E-state index < -0.39 is 11.2 Å². The Morgan fingerprint density at radius 2 is 1.36 bits per heavy atom. The van der Waals surface area contributed by atoms with Crippen molar-refractivity contribution >= 4 is 16.8 Å². The molecule has 0 atom stereocenters. The average molecular weight is 488 g/mol. The second kappa shape index (κ2) is 9.41. The third-order valence-corrected chi connectivity index (χ3v) is 6.39. The number of nitrogens with zero attached hydrogens (tertiary/aromatic N) is 2. The van der Waals surface area contributed by atoms with Crippen molar-refractivity contribution in [3.63, 3.8) is 0 Å². The molecular formula is C29H33N3O4. The number of rotatable bonds is 8. The molecule has 1 aromatic heterocycles. The highest BCUT2D eigenvalue weighted by Crippen LogP contribution is 2.39. The lowest BCUT2D eigenvalue weighted by atomic mass is 9.86. The Kier molecular flexibility index (Phi) is 6.64. The molecule has 0 bridgehead atoms. The van der Waals surface area contributed by atoms with Crippen LogP contribution in [0, 0.1) is 5.41 Å². The van der Waals surface area contributed by atoms with E-state index in [-0.39, 0.29) is 17.9 Å². The lowest BCUT2D eigenvalue weighted by Gasteiger charge is -2.28. The molecule has 0 fully saturated rings. The van der Waals surface area contributed by atoms with Gasteiger partial charge in [-0.25, -0.2) is 0 Å². The van der Waals surface area contributed by atoms with Gasteiger partial charge in [0.1, 0.15) is 5.75 Å². The molecule has 4 aromatic rings. The van der Waals surface area contributed by atoms with Gasteiger partial charge in [0.05, 0.1) is 42.4 Å². The van der Waals surface area contributed by atoms with E-state index in [1.807, 2.05) is 59.2 Å². The lowest BCUT2D eigenvalue weighted by molar-refractivity contribution is 0.0660. The number of carbonyl (C=O) groups is 1. The van der Waals surface area contributed by atoms with Gasteiger partial charge >= 0.3 is 0 Å². The molecule has 1 heterocycles. The number of methoxy groups -OCH3 is 1. The molecule has 3 N–H and O–H groups in total. The highest BCUT2D eigenvalue weighted by Gasteiger charge is 2.31. The predicted molar refractivity (Wildman–Crippen MR) is 139 cm³/mol. The number of aromatic nitrogens is 2. The summed E-state index contributed by atoms with van der Waals surface area (Å²) in [4.78, 5) is 13.6.